The quantitative estimate of drug-likeness (QED) is 0.877. The van der Waals surface area contributed by atoms with Gasteiger partial charge in [0.2, 0.25) is 0 Å². The molecule has 0 aromatic heterocycles. The largest absolute Gasteiger partial charge is 0.491 e. The summed E-state index contributed by atoms with van der Waals surface area (Å²) in [7, 11) is -1.43. The van der Waals surface area contributed by atoms with Crippen LogP contribution in [0.15, 0.2) is 24.3 Å². The molecule has 1 aromatic carbocycles. The number of sulfone groups is 1. The van der Waals surface area contributed by atoms with Crippen LogP contribution in [0.5, 0.6) is 5.75 Å². The van der Waals surface area contributed by atoms with Gasteiger partial charge in [0.05, 0.1) is 16.9 Å². The Kier molecular flexibility index (Phi) is 5.21. The fraction of sp³-hybridized carbons (Fsp3) is 0.600. The van der Waals surface area contributed by atoms with Crippen LogP contribution in [0.2, 0.25) is 0 Å². The van der Waals surface area contributed by atoms with Gasteiger partial charge in [-0.3, -0.25) is 0 Å². The fourth-order valence-electron chi connectivity index (χ4n) is 2.17. The van der Waals surface area contributed by atoms with Crippen LogP contribution in [-0.2, 0) is 9.84 Å². The lowest BCUT2D eigenvalue weighted by Gasteiger charge is -2.33. The predicted molar refractivity (Wildman–Crippen MR) is 82.9 cm³/mol. The Labute approximate surface area is 122 Å². The van der Waals surface area contributed by atoms with E-state index in [9.17, 15) is 8.42 Å². The zero-order valence-corrected chi connectivity index (χ0v) is 13.9. The predicted octanol–water partition coefficient (Wildman–Crippen LogP) is 2.56. The van der Waals surface area contributed by atoms with Crippen molar-refractivity contribution in [2.45, 2.75) is 44.6 Å². The van der Waals surface area contributed by atoms with Gasteiger partial charge in [-0.15, -0.1) is 0 Å². The zero-order chi connectivity index (χ0) is 15.6. The van der Waals surface area contributed by atoms with Crippen LogP contribution in [0.4, 0.5) is 0 Å². The van der Waals surface area contributed by atoms with Crippen LogP contribution in [0.1, 0.15) is 39.3 Å². The molecule has 1 N–H and O–H groups in total. The van der Waals surface area contributed by atoms with E-state index in [0.29, 0.717) is 0 Å². The van der Waals surface area contributed by atoms with Gasteiger partial charge >= 0.3 is 0 Å². The molecule has 1 atom stereocenters. The Morgan fingerprint density at radius 3 is 2.30 bits per heavy atom. The van der Waals surface area contributed by atoms with E-state index in [2.05, 4.69) is 5.32 Å². The highest BCUT2D eigenvalue weighted by Crippen LogP contribution is 2.33. The van der Waals surface area contributed by atoms with E-state index in [4.69, 9.17) is 4.74 Å². The van der Waals surface area contributed by atoms with Crippen molar-refractivity contribution >= 4 is 9.84 Å². The summed E-state index contributed by atoms with van der Waals surface area (Å²) in [6, 6.07) is 7.28. The summed E-state index contributed by atoms with van der Waals surface area (Å²) < 4.78 is 28.8. The molecule has 0 amide bonds. The number of hydrogen-bond acceptors (Lipinski definition) is 4. The average Bonchev–Trinajstić information content (AvgIpc) is 2.27. The van der Waals surface area contributed by atoms with Crippen LogP contribution in [0.25, 0.3) is 0 Å². The van der Waals surface area contributed by atoms with Crippen molar-refractivity contribution < 1.29 is 13.2 Å². The van der Waals surface area contributed by atoms with E-state index >= 15 is 0 Å². The highest BCUT2D eigenvalue weighted by molar-refractivity contribution is 7.92. The molecule has 0 aliphatic carbocycles. The zero-order valence-electron chi connectivity index (χ0n) is 13.1. The molecule has 4 nitrogen and oxygen atoms in total. The molecule has 0 bridgehead atoms. The minimum atomic E-state index is -3.20. The molecule has 1 unspecified atom stereocenters. The van der Waals surface area contributed by atoms with E-state index < -0.39 is 14.6 Å². The third-order valence-corrected chi connectivity index (χ3v) is 5.65. The van der Waals surface area contributed by atoms with Gasteiger partial charge in [0.1, 0.15) is 5.75 Å². The number of rotatable bonds is 6. The molecule has 0 heterocycles. The normalized spacial score (nSPS) is 14.3. The first-order valence-corrected chi connectivity index (χ1v) is 8.62. The van der Waals surface area contributed by atoms with Gasteiger partial charge in [-0.1, -0.05) is 12.1 Å². The van der Waals surface area contributed by atoms with Crippen molar-refractivity contribution in [3.8, 4) is 5.75 Å². The highest BCUT2D eigenvalue weighted by Gasteiger charge is 2.39. The average molecular weight is 299 g/mol. The summed E-state index contributed by atoms with van der Waals surface area (Å²) in [5.74, 6) is 0.752. The van der Waals surface area contributed by atoms with Crippen LogP contribution >= 0.6 is 0 Å². The lowest BCUT2D eigenvalue weighted by molar-refractivity contribution is 0.242. The van der Waals surface area contributed by atoms with Crippen molar-refractivity contribution in [1.82, 2.24) is 5.32 Å². The van der Waals surface area contributed by atoms with Crippen molar-refractivity contribution in [3.63, 3.8) is 0 Å². The summed E-state index contributed by atoms with van der Waals surface area (Å²) in [5, 5.41) is 3.11. The first-order chi connectivity index (χ1) is 9.09. The molecule has 0 saturated carbocycles. The van der Waals surface area contributed by atoms with Gasteiger partial charge in [-0.05, 0) is 52.4 Å². The lowest BCUT2D eigenvalue weighted by Crippen LogP contribution is -2.43. The second-order valence-corrected chi connectivity index (χ2v) is 8.43. The third kappa shape index (κ3) is 3.73. The Balaban J connectivity index is 3.20. The number of benzene rings is 1. The van der Waals surface area contributed by atoms with Gasteiger partial charge < -0.3 is 10.1 Å². The highest BCUT2D eigenvalue weighted by atomic mass is 32.2. The Bertz CT molecular complexity index is 550. The van der Waals surface area contributed by atoms with Gasteiger partial charge in [0, 0.05) is 6.26 Å². The number of hydrogen-bond donors (Lipinski definition) is 1. The molecule has 0 spiro atoms. The van der Waals surface area contributed by atoms with Crippen LogP contribution in [0, 0.1) is 0 Å². The van der Waals surface area contributed by atoms with Crippen LogP contribution in [0.3, 0.4) is 0 Å². The fourth-order valence-corrected chi connectivity index (χ4v) is 2.85. The maximum Gasteiger partial charge on any atom is 0.154 e. The molecular formula is C15H25NO3S. The summed E-state index contributed by atoms with van der Waals surface area (Å²) in [5.41, 5.74) is 0.904. The summed E-state index contributed by atoms with van der Waals surface area (Å²) >= 11 is 0. The molecule has 0 aliphatic heterocycles. The molecule has 0 aliphatic rings. The summed E-state index contributed by atoms with van der Waals surface area (Å²) in [4.78, 5) is 0. The molecule has 114 valence electrons. The van der Waals surface area contributed by atoms with E-state index in [1.807, 2.05) is 38.1 Å². The maximum atomic E-state index is 12.0. The van der Waals surface area contributed by atoms with Crippen molar-refractivity contribution in [2.75, 3.05) is 13.3 Å². The molecule has 0 saturated heterocycles. The lowest BCUT2D eigenvalue weighted by atomic mass is 9.95. The van der Waals surface area contributed by atoms with E-state index in [1.54, 1.807) is 20.9 Å². The first kappa shape index (κ1) is 17.0. The Hall–Kier alpha value is -1.07. The monoisotopic (exact) mass is 299 g/mol. The third-order valence-electron chi connectivity index (χ3n) is 3.50. The Morgan fingerprint density at radius 1 is 1.25 bits per heavy atom. The molecule has 1 rings (SSSR count). The second-order valence-electron chi connectivity index (χ2n) is 5.84. The van der Waals surface area contributed by atoms with E-state index in [1.165, 1.54) is 6.26 Å². The molecule has 1 aromatic rings. The topological polar surface area (TPSA) is 55.4 Å². The van der Waals surface area contributed by atoms with Crippen molar-refractivity contribution in [1.29, 1.82) is 0 Å². The van der Waals surface area contributed by atoms with Gasteiger partial charge in [0.25, 0.3) is 0 Å². The smallest absolute Gasteiger partial charge is 0.154 e. The number of ether oxygens (including phenoxy) is 1. The first-order valence-electron chi connectivity index (χ1n) is 6.73. The maximum absolute atomic E-state index is 12.0. The van der Waals surface area contributed by atoms with Crippen molar-refractivity contribution in [3.05, 3.63) is 29.8 Å². The minimum absolute atomic E-state index is 0.0844. The number of nitrogens with one attached hydrogen (secondary N) is 1. The molecule has 20 heavy (non-hydrogen) atoms. The van der Waals surface area contributed by atoms with Crippen molar-refractivity contribution in [2.24, 2.45) is 0 Å². The summed E-state index contributed by atoms with van der Waals surface area (Å²) in [6.45, 7) is 7.39. The standard InChI is InChI=1S/C15H25NO3S/c1-11(2)19-13-9-7-8-12(10-13)14(16-5)15(3,4)20(6,17)18/h7-11,14,16H,1-6H3. The SMILES string of the molecule is CNC(c1cccc(OC(C)C)c1)C(C)(C)S(C)(=O)=O. The molecule has 5 heteroatoms. The minimum Gasteiger partial charge on any atom is -0.491 e. The molecular weight excluding hydrogens is 274 g/mol. The van der Waals surface area contributed by atoms with Gasteiger partial charge in [-0.25, -0.2) is 8.42 Å². The second kappa shape index (κ2) is 6.14. The van der Waals surface area contributed by atoms with Crippen LogP contribution in [-0.4, -0.2) is 32.6 Å². The van der Waals surface area contributed by atoms with E-state index in [0.717, 1.165) is 11.3 Å². The van der Waals surface area contributed by atoms with E-state index in [-0.39, 0.29) is 12.1 Å². The molecule has 0 radical (unpaired) electrons. The Morgan fingerprint density at radius 2 is 1.85 bits per heavy atom. The molecule has 0 fully saturated rings. The van der Waals surface area contributed by atoms with Gasteiger partial charge in [0.15, 0.2) is 9.84 Å². The van der Waals surface area contributed by atoms with Gasteiger partial charge in [-0.2, -0.15) is 0 Å². The summed E-state index contributed by atoms with van der Waals surface area (Å²) in [6.07, 6.45) is 1.35. The van der Waals surface area contributed by atoms with Crippen LogP contribution < -0.4 is 10.1 Å².